The fourth-order valence-corrected chi connectivity index (χ4v) is 3.81. The Labute approximate surface area is 110 Å². The van der Waals surface area contributed by atoms with Gasteiger partial charge >= 0.3 is 0 Å². The van der Waals surface area contributed by atoms with Gasteiger partial charge in [0.1, 0.15) is 5.78 Å². The Morgan fingerprint density at radius 1 is 1.47 bits per heavy atom. The molecule has 1 aliphatic rings. The third-order valence-corrected chi connectivity index (χ3v) is 5.16. The highest BCUT2D eigenvalue weighted by Gasteiger charge is 2.23. The van der Waals surface area contributed by atoms with Crippen molar-refractivity contribution >= 4 is 34.0 Å². The van der Waals surface area contributed by atoms with Crippen molar-refractivity contribution in [2.45, 2.75) is 30.0 Å². The largest absolute Gasteiger partial charge is 0.353 e. The minimum atomic E-state index is 0.309. The van der Waals surface area contributed by atoms with Crippen LogP contribution in [0.3, 0.4) is 0 Å². The van der Waals surface area contributed by atoms with Crippen LogP contribution < -0.4 is 4.90 Å². The molecule has 2 rings (SSSR count). The zero-order chi connectivity index (χ0) is 12.3. The number of nitrogens with zero attached hydrogens (tertiary/aromatic N) is 3. The summed E-state index contributed by atoms with van der Waals surface area (Å²) in [5.74, 6) is 1.74. The lowest BCUT2D eigenvalue weighted by Crippen LogP contribution is -2.07. The first-order chi connectivity index (χ1) is 8.16. The van der Waals surface area contributed by atoms with Gasteiger partial charge in [0.25, 0.3) is 0 Å². The molecule has 1 saturated carbocycles. The molecule has 0 aromatic carbocycles. The van der Waals surface area contributed by atoms with Crippen molar-refractivity contribution < 1.29 is 4.79 Å². The first-order valence-electron chi connectivity index (χ1n) is 5.83. The molecule has 1 atom stereocenters. The molecular weight excluding hydrogens is 254 g/mol. The summed E-state index contributed by atoms with van der Waals surface area (Å²) < 4.78 is 0.999. The van der Waals surface area contributed by atoms with Crippen LogP contribution in [0.1, 0.15) is 25.7 Å². The lowest BCUT2D eigenvalue weighted by molar-refractivity contribution is -0.120. The van der Waals surface area contributed by atoms with Crippen LogP contribution in [0.2, 0.25) is 0 Å². The zero-order valence-electron chi connectivity index (χ0n) is 10.2. The van der Waals surface area contributed by atoms with Crippen LogP contribution in [0.15, 0.2) is 4.34 Å². The Balaban J connectivity index is 1.76. The van der Waals surface area contributed by atoms with E-state index in [4.69, 9.17) is 0 Å². The normalized spacial score (nSPS) is 19.9. The fourth-order valence-electron chi connectivity index (χ4n) is 1.92. The van der Waals surface area contributed by atoms with Gasteiger partial charge in [0.05, 0.1) is 0 Å². The van der Waals surface area contributed by atoms with Gasteiger partial charge in [0.15, 0.2) is 4.34 Å². The highest BCUT2D eigenvalue weighted by Crippen LogP contribution is 2.30. The molecule has 0 aliphatic heterocycles. The van der Waals surface area contributed by atoms with E-state index in [1.165, 1.54) is 0 Å². The number of carbonyl (C=O) groups excluding carboxylic acids is 1. The maximum atomic E-state index is 11.5. The summed E-state index contributed by atoms with van der Waals surface area (Å²) >= 11 is 3.32. The molecule has 1 aliphatic carbocycles. The minimum absolute atomic E-state index is 0.309. The lowest BCUT2D eigenvalue weighted by Gasteiger charge is -2.05. The van der Waals surface area contributed by atoms with Gasteiger partial charge < -0.3 is 4.90 Å². The van der Waals surface area contributed by atoms with E-state index in [2.05, 4.69) is 10.2 Å². The van der Waals surface area contributed by atoms with Crippen molar-refractivity contribution in [3.05, 3.63) is 0 Å². The van der Waals surface area contributed by atoms with Gasteiger partial charge in [0, 0.05) is 32.2 Å². The Bertz CT molecular complexity index is 392. The molecule has 0 spiro atoms. The minimum Gasteiger partial charge on any atom is -0.353 e. The van der Waals surface area contributed by atoms with E-state index >= 15 is 0 Å². The number of carbonyl (C=O) groups is 1. The Hall–Kier alpha value is -0.620. The van der Waals surface area contributed by atoms with Crippen LogP contribution in [0.5, 0.6) is 0 Å². The Morgan fingerprint density at radius 3 is 2.88 bits per heavy atom. The number of hydrogen-bond donors (Lipinski definition) is 0. The maximum absolute atomic E-state index is 11.5. The van der Waals surface area contributed by atoms with Gasteiger partial charge in [-0.2, -0.15) is 0 Å². The van der Waals surface area contributed by atoms with Crippen molar-refractivity contribution in [3.8, 4) is 0 Å². The molecular formula is C11H17N3OS2. The average Bonchev–Trinajstić information content (AvgIpc) is 2.89. The molecule has 4 nitrogen and oxygen atoms in total. The van der Waals surface area contributed by atoms with E-state index in [-0.39, 0.29) is 0 Å². The molecule has 1 aromatic rings. The molecule has 0 radical (unpaired) electrons. The van der Waals surface area contributed by atoms with Crippen LogP contribution in [-0.4, -0.2) is 35.8 Å². The second-order valence-corrected chi connectivity index (χ2v) is 6.74. The second kappa shape index (κ2) is 5.82. The third-order valence-electron chi connectivity index (χ3n) is 2.90. The van der Waals surface area contributed by atoms with Gasteiger partial charge in [0.2, 0.25) is 5.13 Å². The number of ketones is 1. The molecule has 1 heterocycles. The van der Waals surface area contributed by atoms with Gasteiger partial charge in [-0.1, -0.05) is 23.1 Å². The average molecular weight is 271 g/mol. The number of anilines is 1. The summed E-state index contributed by atoms with van der Waals surface area (Å²) in [6, 6.07) is 0. The Morgan fingerprint density at radius 2 is 2.29 bits per heavy atom. The number of aromatic nitrogens is 2. The van der Waals surface area contributed by atoms with Crippen LogP contribution in [-0.2, 0) is 4.79 Å². The number of Topliss-reactive ketones (excluding diaryl/α,β-unsaturated/α-hetero) is 1. The molecule has 1 unspecified atom stereocenters. The van der Waals surface area contributed by atoms with E-state index in [1.54, 1.807) is 23.1 Å². The van der Waals surface area contributed by atoms with Crippen molar-refractivity contribution in [1.29, 1.82) is 0 Å². The van der Waals surface area contributed by atoms with E-state index in [0.717, 1.165) is 40.9 Å². The smallest absolute Gasteiger partial charge is 0.208 e. The van der Waals surface area contributed by atoms with Gasteiger partial charge in [-0.15, -0.1) is 10.2 Å². The summed E-state index contributed by atoms with van der Waals surface area (Å²) in [5, 5.41) is 9.15. The predicted octanol–water partition coefficient (Wildman–Crippen LogP) is 2.46. The SMILES string of the molecule is CN(C)c1nnc(SCCC2CCCC2=O)s1. The quantitative estimate of drug-likeness (QED) is 0.770. The summed E-state index contributed by atoms with van der Waals surface area (Å²) in [6.45, 7) is 0. The molecule has 6 heteroatoms. The highest BCUT2D eigenvalue weighted by molar-refractivity contribution is 8.01. The third kappa shape index (κ3) is 3.42. The lowest BCUT2D eigenvalue weighted by atomic mass is 10.1. The van der Waals surface area contributed by atoms with Crippen molar-refractivity contribution in [2.24, 2.45) is 5.92 Å². The summed E-state index contributed by atoms with van der Waals surface area (Å²) in [6.07, 6.45) is 3.94. The van der Waals surface area contributed by atoms with Crippen LogP contribution in [0, 0.1) is 5.92 Å². The first-order valence-corrected chi connectivity index (χ1v) is 7.63. The first kappa shape index (κ1) is 12.8. The Kier molecular flexibility index (Phi) is 4.39. The van der Waals surface area contributed by atoms with Crippen molar-refractivity contribution in [2.75, 3.05) is 24.7 Å². The highest BCUT2D eigenvalue weighted by atomic mass is 32.2. The van der Waals surface area contributed by atoms with E-state index in [0.29, 0.717) is 11.7 Å². The standard InChI is InChI=1S/C11H17N3OS2/c1-14(2)10-12-13-11(17-10)16-7-6-8-4-3-5-9(8)15/h8H,3-7H2,1-2H3. The zero-order valence-corrected chi connectivity index (χ0v) is 11.8. The topological polar surface area (TPSA) is 46.1 Å². The van der Waals surface area contributed by atoms with Gasteiger partial charge in [-0.3, -0.25) is 4.79 Å². The fraction of sp³-hybridized carbons (Fsp3) is 0.727. The monoisotopic (exact) mass is 271 g/mol. The molecule has 17 heavy (non-hydrogen) atoms. The molecule has 94 valence electrons. The summed E-state index contributed by atoms with van der Waals surface area (Å²) in [7, 11) is 3.93. The summed E-state index contributed by atoms with van der Waals surface area (Å²) in [5.41, 5.74) is 0. The molecule has 0 N–H and O–H groups in total. The number of hydrogen-bond acceptors (Lipinski definition) is 6. The predicted molar refractivity (Wildman–Crippen MR) is 71.9 cm³/mol. The molecule has 0 bridgehead atoms. The van der Waals surface area contributed by atoms with E-state index in [1.807, 2.05) is 19.0 Å². The molecule has 1 aromatic heterocycles. The van der Waals surface area contributed by atoms with Gasteiger partial charge in [-0.25, -0.2) is 0 Å². The summed E-state index contributed by atoms with van der Waals surface area (Å²) in [4.78, 5) is 13.4. The molecule has 1 fully saturated rings. The van der Waals surface area contributed by atoms with Crippen molar-refractivity contribution in [1.82, 2.24) is 10.2 Å². The maximum Gasteiger partial charge on any atom is 0.208 e. The number of rotatable bonds is 5. The van der Waals surface area contributed by atoms with Crippen LogP contribution >= 0.6 is 23.1 Å². The molecule has 0 saturated heterocycles. The van der Waals surface area contributed by atoms with Crippen molar-refractivity contribution in [3.63, 3.8) is 0 Å². The second-order valence-electron chi connectivity index (χ2n) is 4.44. The van der Waals surface area contributed by atoms with Crippen LogP contribution in [0.4, 0.5) is 5.13 Å². The van der Waals surface area contributed by atoms with Gasteiger partial charge in [-0.05, 0) is 19.3 Å². The number of thioether (sulfide) groups is 1. The van der Waals surface area contributed by atoms with E-state index in [9.17, 15) is 4.79 Å². The van der Waals surface area contributed by atoms with Crippen LogP contribution in [0.25, 0.3) is 0 Å². The van der Waals surface area contributed by atoms with E-state index < -0.39 is 0 Å². The molecule has 0 amide bonds.